The molecule has 0 saturated carbocycles. The Morgan fingerprint density at radius 3 is 2.69 bits per heavy atom. The van der Waals surface area contributed by atoms with Crippen LogP contribution < -0.4 is 0 Å². The minimum Gasteiger partial charge on any atom is -0.393 e. The molecule has 0 spiro atoms. The Labute approximate surface area is 98.5 Å². The lowest BCUT2D eigenvalue weighted by atomic mass is 10.1. The third-order valence-electron chi connectivity index (χ3n) is 2.90. The summed E-state index contributed by atoms with van der Waals surface area (Å²) in [6, 6.07) is 0. The van der Waals surface area contributed by atoms with Crippen molar-refractivity contribution in [2.24, 2.45) is 0 Å². The highest BCUT2D eigenvalue weighted by Crippen LogP contribution is 2.10. The Morgan fingerprint density at radius 1 is 1.19 bits per heavy atom. The lowest BCUT2D eigenvalue weighted by molar-refractivity contribution is 0.148. The van der Waals surface area contributed by atoms with Crippen LogP contribution in [0, 0.1) is 0 Å². The number of aryl methyl sites for hydroxylation is 1. The summed E-state index contributed by atoms with van der Waals surface area (Å²) < 4.78 is 2.10. The average Bonchev–Trinajstić information content (AvgIpc) is 2.79. The Hall–Kier alpha value is -0.830. The summed E-state index contributed by atoms with van der Waals surface area (Å²) in [4.78, 5) is 4.01. The van der Waals surface area contributed by atoms with Crippen LogP contribution in [0.25, 0.3) is 0 Å². The normalized spacial score (nSPS) is 12.9. The molecule has 3 heteroatoms. The van der Waals surface area contributed by atoms with Gasteiger partial charge in [0.05, 0.1) is 12.4 Å². The lowest BCUT2D eigenvalue weighted by Gasteiger charge is -2.09. The molecule has 1 rings (SSSR count). The summed E-state index contributed by atoms with van der Waals surface area (Å²) in [5.41, 5.74) is 0. The molecule has 0 saturated heterocycles. The molecular weight excluding hydrogens is 200 g/mol. The number of nitrogens with zero attached hydrogens (tertiary/aromatic N) is 2. The van der Waals surface area contributed by atoms with Crippen LogP contribution in [-0.2, 0) is 6.54 Å². The number of aromatic nitrogens is 2. The maximum atomic E-state index is 9.65. The first-order valence-corrected chi connectivity index (χ1v) is 6.46. The van der Waals surface area contributed by atoms with Gasteiger partial charge in [-0.3, -0.25) is 0 Å². The number of hydrogen-bond donors (Lipinski definition) is 1. The van der Waals surface area contributed by atoms with Crippen molar-refractivity contribution in [2.45, 2.75) is 64.5 Å². The van der Waals surface area contributed by atoms with E-state index in [1.165, 1.54) is 19.3 Å². The number of imidazole rings is 1. The van der Waals surface area contributed by atoms with Crippen LogP contribution in [-0.4, -0.2) is 20.8 Å². The van der Waals surface area contributed by atoms with E-state index in [1.54, 1.807) is 0 Å². The molecule has 0 amide bonds. The van der Waals surface area contributed by atoms with E-state index in [4.69, 9.17) is 0 Å². The van der Waals surface area contributed by atoms with Gasteiger partial charge < -0.3 is 9.67 Å². The van der Waals surface area contributed by atoms with Gasteiger partial charge in [0.2, 0.25) is 0 Å². The zero-order chi connectivity index (χ0) is 11.6. The Morgan fingerprint density at radius 2 is 2.00 bits per heavy atom. The van der Waals surface area contributed by atoms with Crippen LogP contribution in [0.4, 0.5) is 0 Å². The van der Waals surface area contributed by atoms with Gasteiger partial charge in [0.25, 0.3) is 0 Å². The molecule has 1 aromatic heterocycles. The summed E-state index contributed by atoms with van der Waals surface area (Å²) in [6.07, 6.45) is 13.4. The van der Waals surface area contributed by atoms with Crippen LogP contribution in [0.15, 0.2) is 18.7 Å². The molecule has 0 fully saturated rings. The van der Waals surface area contributed by atoms with E-state index in [9.17, 15) is 5.11 Å². The van der Waals surface area contributed by atoms with Gasteiger partial charge in [0, 0.05) is 18.9 Å². The molecule has 0 bridgehead atoms. The lowest BCUT2D eigenvalue weighted by Crippen LogP contribution is -2.06. The highest BCUT2D eigenvalue weighted by Gasteiger charge is 2.02. The molecule has 3 nitrogen and oxygen atoms in total. The summed E-state index contributed by atoms with van der Waals surface area (Å²) in [5.74, 6) is 0. The first-order chi connectivity index (χ1) is 7.83. The van der Waals surface area contributed by atoms with Crippen LogP contribution in [0.3, 0.4) is 0 Å². The summed E-state index contributed by atoms with van der Waals surface area (Å²) in [6.45, 7) is 3.21. The van der Waals surface area contributed by atoms with Crippen LogP contribution in [0.2, 0.25) is 0 Å². The quantitative estimate of drug-likeness (QED) is 0.655. The van der Waals surface area contributed by atoms with Crippen LogP contribution in [0.1, 0.15) is 51.9 Å². The van der Waals surface area contributed by atoms with Gasteiger partial charge in [-0.15, -0.1) is 0 Å². The predicted octanol–water partition coefficient (Wildman–Crippen LogP) is 2.99. The highest BCUT2D eigenvalue weighted by atomic mass is 16.3. The molecule has 0 aliphatic heterocycles. The number of unbranched alkanes of at least 4 members (excludes halogenated alkanes) is 3. The van der Waals surface area contributed by atoms with Gasteiger partial charge in [0.1, 0.15) is 0 Å². The van der Waals surface area contributed by atoms with Crippen molar-refractivity contribution in [3.63, 3.8) is 0 Å². The number of aliphatic hydroxyl groups excluding tert-OH is 1. The van der Waals surface area contributed by atoms with E-state index < -0.39 is 0 Å². The van der Waals surface area contributed by atoms with Crippen molar-refractivity contribution >= 4 is 0 Å². The van der Waals surface area contributed by atoms with Gasteiger partial charge in [-0.2, -0.15) is 0 Å². The second kappa shape index (κ2) is 8.34. The van der Waals surface area contributed by atoms with Crippen LogP contribution in [0.5, 0.6) is 0 Å². The molecule has 0 aliphatic rings. The summed E-state index contributed by atoms with van der Waals surface area (Å²) >= 11 is 0. The Balaban J connectivity index is 1.91. The molecule has 1 heterocycles. The fraction of sp³-hybridized carbons (Fsp3) is 0.769. The second-order valence-corrected chi connectivity index (χ2v) is 4.45. The molecule has 0 aromatic carbocycles. The van der Waals surface area contributed by atoms with Gasteiger partial charge in [-0.25, -0.2) is 4.98 Å². The van der Waals surface area contributed by atoms with Gasteiger partial charge in [-0.05, 0) is 19.3 Å². The van der Waals surface area contributed by atoms with E-state index in [0.717, 1.165) is 32.2 Å². The first kappa shape index (κ1) is 13.2. The fourth-order valence-corrected chi connectivity index (χ4v) is 1.85. The standard InChI is InChI=1S/C13H24N2O/c1-2-3-7-13(16)8-5-4-6-10-15-11-9-14-12-15/h9,11-13,16H,2-8,10H2,1H3/t13-/m0/s1. The molecule has 0 unspecified atom stereocenters. The summed E-state index contributed by atoms with van der Waals surface area (Å²) in [7, 11) is 0. The molecule has 92 valence electrons. The fourth-order valence-electron chi connectivity index (χ4n) is 1.85. The Bertz CT molecular complexity index is 246. The van der Waals surface area contributed by atoms with E-state index in [0.29, 0.717) is 0 Å². The first-order valence-electron chi connectivity index (χ1n) is 6.46. The van der Waals surface area contributed by atoms with E-state index in [2.05, 4.69) is 16.5 Å². The molecule has 0 aliphatic carbocycles. The van der Waals surface area contributed by atoms with Crippen molar-refractivity contribution < 1.29 is 5.11 Å². The number of aliphatic hydroxyl groups is 1. The Kier molecular flexibility index (Phi) is 6.90. The molecular formula is C13H24N2O. The van der Waals surface area contributed by atoms with Gasteiger partial charge in [0.15, 0.2) is 0 Å². The van der Waals surface area contributed by atoms with Crippen molar-refractivity contribution in [3.05, 3.63) is 18.7 Å². The van der Waals surface area contributed by atoms with Crippen molar-refractivity contribution in [1.29, 1.82) is 0 Å². The van der Waals surface area contributed by atoms with Gasteiger partial charge >= 0.3 is 0 Å². The number of rotatable bonds is 9. The average molecular weight is 224 g/mol. The van der Waals surface area contributed by atoms with E-state index in [-0.39, 0.29) is 6.10 Å². The SMILES string of the molecule is CCCC[C@H](O)CCCCCn1ccnc1. The largest absolute Gasteiger partial charge is 0.393 e. The van der Waals surface area contributed by atoms with Crippen molar-refractivity contribution in [1.82, 2.24) is 9.55 Å². The van der Waals surface area contributed by atoms with E-state index >= 15 is 0 Å². The third kappa shape index (κ3) is 5.91. The monoisotopic (exact) mass is 224 g/mol. The topological polar surface area (TPSA) is 38.0 Å². The smallest absolute Gasteiger partial charge is 0.0945 e. The van der Waals surface area contributed by atoms with Gasteiger partial charge in [-0.1, -0.05) is 32.6 Å². The maximum Gasteiger partial charge on any atom is 0.0945 e. The third-order valence-corrected chi connectivity index (χ3v) is 2.90. The molecule has 16 heavy (non-hydrogen) atoms. The van der Waals surface area contributed by atoms with E-state index in [1.807, 2.05) is 18.7 Å². The highest BCUT2D eigenvalue weighted by molar-refractivity contribution is 4.73. The minimum absolute atomic E-state index is 0.0757. The molecule has 1 aromatic rings. The maximum absolute atomic E-state index is 9.65. The molecule has 1 N–H and O–H groups in total. The zero-order valence-electron chi connectivity index (χ0n) is 10.3. The van der Waals surface area contributed by atoms with Crippen molar-refractivity contribution in [3.8, 4) is 0 Å². The van der Waals surface area contributed by atoms with Crippen molar-refractivity contribution in [2.75, 3.05) is 0 Å². The predicted molar refractivity (Wildman–Crippen MR) is 66.2 cm³/mol. The molecule has 0 radical (unpaired) electrons. The number of hydrogen-bond acceptors (Lipinski definition) is 2. The summed E-state index contributed by atoms with van der Waals surface area (Å²) in [5, 5.41) is 9.65. The second-order valence-electron chi connectivity index (χ2n) is 4.45. The minimum atomic E-state index is -0.0757. The zero-order valence-corrected chi connectivity index (χ0v) is 10.3. The van der Waals surface area contributed by atoms with Crippen LogP contribution >= 0.6 is 0 Å². The molecule has 1 atom stereocenters.